The van der Waals surface area contributed by atoms with E-state index in [4.69, 9.17) is 4.42 Å². The van der Waals surface area contributed by atoms with Gasteiger partial charge >= 0.3 is 0 Å². The molecule has 8 nitrogen and oxygen atoms in total. The number of aliphatic imine (C=N–C) groups is 1. The lowest BCUT2D eigenvalue weighted by atomic mass is 10.1. The first-order valence-corrected chi connectivity index (χ1v) is 11.0. The van der Waals surface area contributed by atoms with Crippen LogP contribution in [0.1, 0.15) is 16.9 Å². The maximum atomic E-state index is 12.4. The van der Waals surface area contributed by atoms with Crippen LogP contribution in [0, 0.1) is 24.0 Å². The standard InChI is InChI=1S/C22H16BrN3O5S/c1-11-7-13(8-12(2)20(11)23)24-22-25-21(28)19(32-22)10-15-4-6-18(31-15)16-9-14(26(29)30)3-5-17(16)27/h3-10,27H,1-2H3,(H,24,25,28)/b19-10-. The number of benzene rings is 2. The summed E-state index contributed by atoms with van der Waals surface area (Å²) in [6.07, 6.45) is 1.55. The summed E-state index contributed by atoms with van der Waals surface area (Å²) in [6.45, 7) is 3.94. The third-order valence-corrected chi connectivity index (χ3v) is 6.82. The maximum Gasteiger partial charge on any atom is 0.270 e. The Balaban J connectivity index is 1.58. The Morgan fingerprint density at radius 3 is 2.59 bits per heavy atom. The van der Waals surface area contributed by atoms with Gasteiger partial charge in [0, 0.05) is 22.7 Å². The number of furan rings is 1. The number of carbonyl (C=O) groups excluding carboxylic acids is 1. The van der Waals surface area contributed by atoms with E-state index >= 15 is 0 Å². The normalized spacial score (nSPS) is 16.0. The van der Waals surface area contributed by atoms with E-state index in [0.717, 1.165) is 21.3 Å². The summed E-state index contributed by atoms with van der Waals surface area (Å²) >= 11 is 4.70. The van der Waals surface area contributed by atoms with Crippen molar-refractivity contribution in [2.75, 3.05) is 0 Å². The first-order chi connectivity index (χ1) is 15.2. The molecule has 0 spiro atoms. The molecule has 2 aromatic carbocycles. The van der Waals surface area contributed by atoms with Crippen molar-refractivity contribution in [3.8, 4) is 17.1 Å². The Labute approximate surface area is 195 Å². The molecule has 1 fully saturated rings. The zero-order valence-corrected chi connectivity index (χ0v) is 19.3. The van der Waals surface area contributed by atoms with Gasteiger partial charge in [0.1, 0.15) is 17.3 Å². The average molecular weight is 514 g/mol. The summed E-state index contributed by atoms with van der Waals surface area (Å²) in [4.78, 5) is 27.7. The monoisotopic (exact) mass is 513 g/mol. The fourth-order valence-corrected chi connectivity index (χ4v) is 4.18. The number of halogens is 1. The highest BCUT2D eigenvalue weighted by molar-refractivity contribution is 9.10. The molecule has 1 saturated heterocycles. The van der Waals surface area contributed by atoms with E-state index < -0.39 is 4.92 Å². The highest BCUT2D eigenvalue weighted by atomic mass is 79.9. The number of carbonyl (C=O) groups is 1. The second kappa shape index (κ2) is 8.64. The van der Waals surface area contributed by atoms with Gasteiger partial charge in [-0.3, -0.25) is 14.9 Å². The summed E-state index contributed by atoms with van der Waals surface area (Å²) in [5, 5.41) is 24.2. The largest absolute Gasteiger partial charge is 0.507 e. The van der Waals surface area contributed by atoms with Crippen molar-refractivity contribution in [2.24, 2.45) is 4.99 Å². The van der Waals surface area contributed by atoms with Crippen LogP contribution in [-0.2, 0) is 4.79 Å². The topological polar surface area (TPSA) is 118 Å². The number of nitro benzene ring substituents is 1. The van der Waals surface area contributed by atoms with Crippen LogP contribution in [0.25, 0.3) is 17.4 Å². The van der Waals surface area contributed by atoms with Crippen molar-refractivity contribution >= 4 is 56.2 Å². The van der Waals surface area contributed by atoms with Gasteiger partial charge in [-0.2, -0.15) is 0 Å². The first kappa shape index (κ1) is 21.8. The molecule has 0 atom stereocenters. The van der Waals surface area contributed by atoms with Crippen LogP contribution in [0.3, 0.4) is 0 Å². The molecule has 1 aromatic heterocycles. The summed E-state index contributed by atoms with van der Waals surface area (Å²) < 4.78 is 6.72. The predicted molar refractivity (Wildman–Crippen MR) is 127 cm³/mol. The number of nitrogens with zero attached hydrogens (tertiary/aromatic N) is 2. The predicted octanol–water partition coefficient (Wildman–Crippen LogP) is 5.83. The molecule has 0 bridgehead atoms. The maximum absolute atomic E-state index is 12.4. The highest BCUT2D eigenvalue weighted by Crippen LogP contribution is 2.35. The molecule has 0 saturated carbocycles. The molecular weight excluding hydrogens is 498 g/mol. The fraction of sp³-hybridized carbons (Fsp3) is 0.0909. The number of hydrogen-bond donors (Lipinski definition) is 2. The molecule has 0 aliphatic carbocycles. The number of thioether (sulfide) groups is 1. The van der Waals surface area contributed by atoms with Gasteiger partial charge in [0.2, 0.25) is 0 Å². The third kappa shape index (κ3) is 4.46. The van der Waals surface area contributed by atoms with Crippen LogP contribution in [0.4, 0.5) is 11.4 Å². The van der Waals surface area contributed by atoms with Gasteiger partial charge in [-0.15, -0.1) is 0 Å². The number of aryl methyl sites for hydroxylation is 2. The van der Waals surface area contributed by atoms with E-state index in [2.05, 4.69) is 26.2 Å². The van der Waals surface area contributed by atoms with E-state index in [1.165, 1.54) is 30.0 Å². The second-order valence-corrected chi connectivity index (χ2v) is 8.86. The van der Waals surface area contributed by atoms with Crippen molar-refractivity contribution in [1.29, 1.82) is 0 Å². The Bertz CT molecular complexity index is 1310. The number of hydrogen-bond acceptors (Lipinski definition) is 7. The van der Waals surface area contributed by atoms with Crippen LogP contribution in [0.15, 0.2) is 61.3 Å². The van der Waals surface area contributed by atoms with Crippen LogP contribution >= 0.6 is 27.7 Å². The quantitative estimate of drug-likeness (QED) is 0.257. The molecular formula is C22H16BrN3O5S. The van der Waals surface area contributed by atoms with Gasteiger partial charge in [0.15, 0.2) is 5.17 Å². The molecule has 0 radical (unpaired) electrons. The fourth-order valence-electron chi connectivity index (χ4n) is 3.12. The molecule has 1 aliphatic rings. The number of aromatic hydroxyl groups is 1. The van der Waals surface area contributed by atoms with Gasteiger partial charge in [0.05, 0.1) is 21.1 Å². The molecule has 2 N–H and O–H groups in total. The summed E-state index contributed by atoms with van der Waals surface area (Å²) in [5.41, 5.74) is 2.84. The minimum Gasteiger partial charge on any atom is -0.507 e. The molecule has 10 heteroatoms. The van der Waals surface area contributed by atoms with Gasteiger partial charge in [-0.25, -0.2) is 4.99 Å². The van der Waals surface area contributed by atoms with Gasteiger partial charge in [-0.1, -0.05) is 15.9 Å². The van der Waals surface area contributed by atoms with Gasteiger partial charge in [-0.05, 0) is 67.1 Å². The summed E-state index contributed by atoms with van der Waals surface area (Å²) in [6, 6.07) is 10.7. The summed E-state index contributed by atoms with van der Waals surface area (Å²) in [5.74, 6) is 0.151. The lowest BCUT2D eigenvalue weighted by Crippen LogP contribution is -2.19. The molecule has 4 rings (SSSR count). The lowest BCUT2D eigenvalue weighted by Gasteiger charge is -2.04. The smallest absolute Gasteiger partial charge is 0.270 e. The number of nitrogens with one attached hydrogen (secondary N) is 1. The zero-order chi connectivity index (χ0) is 23.0. The van der Waals surface area contributed by atoms with Crippen molar-refractivity contribution in [2.45, 2.75) is 13.8 Å². The van der Waals surface area contributed by atoms with E-state index in [1.54, 1.807) is 18.2 Å². The van der Waals surface area contributed by atoms with Crippen molar-refractivity contribution < 1.29 is 19.2 Å². The Morgan fingerprint density at radius 2 is 1.91 bits per heavy atom. The summed E-state index contributed by atoms with van der Waals surface area (Å²) in [7, 11) is 0. The average Bonchev–Trinajstić information content (AvgIpc) is 3.33. The lowest BCUT2D eigenvalue weighted by molar-refractivity contribution is -0.384. The minimum atomic E-state index is -0.552. The number of amides is 1. The number of phenolic OH excluding ortho intramolecular Hbond substituents is 1. The first-order valence-electron chi connectivity index (χ1n) is 9.35. The molecule has 3 aromatic rings. The van der Waals surface area contributed by atoms with Crippen molar-refractivity contribution in [1.82, 2.24) is 5.32 Å². The second-order valence-electron chi connectivity index (χ2n) is 7.04. The molecule has 1 aliphatic heterocycles. The van der Waals surface area contributed by atoms with Gasteiger partial charge < -0.3 is 14.8 Å². The van der Waals surface area contributed by atoms with Crippen LogP contribution in [-0.4, -0.2) is 21.1 Å². The van der Waals surface area contributed by atoms with Gasteiger partial charge in [0.25, 0.3) is 11.6 Å². The zero-order valence-electron chi connectivity index (χ0n) is 16.9. The molecule has 32 heavy (non-hydrogen) atoms. The van der Waals surface area contributed by atoms with E-state index in [0.29, 0.717) is 15.8 Å². The molecule has 162 valence electrons. The number of rotatable bonds is 4. The van der Waals surface area contributed by atoms with Crippen LogP contribution < -0.4 is 5.32 Å². The SMILES string of the molecule is Cc1cc(N=C2NC(=O)/C(=C/c3ccc(-c4cc([N+](=O)[O-])ccc4O)o3)S2)cc(C)c1Br. The van der Waals surface area contributed by atoms with E-state index in [-0.39, 0.29) is 28.7 Å². The molecule has 1 amide bonds. The number of phenols is 1. The molecule has 2 heterocycles. The Morgan fingerprint density at radius 1 is 1.19 bits per heavy atom. The van der Waals surface area contributed by atoms with Crippen molar-refractivity contribution in [3.05, 3.63) is 78.8 Å². The molecule has 0 unspecified atom stereocenters. The number of amidine groups is 1. The third-order valence-electron chi connectivity index (χ3n) is 4.66. The number of nitro groups is 1. The van der Waals surface area contributed by atoms with E-state index in [9.17, 15) is 20.0 Å². The minimum absolute atomic E-state index is 0.147. The van der Waals surface area contributed by atoms with E-state index in [1.807, 2.05) is 26.0 Å². The van der Waals surface area contributed by atoms with Crippen LogP contribution in [0.5, 0.6) is 5.75 Å². The number of non-ortho nitro benzene ring substituents is 1. The Hall–Kier alpha value is -3.37. The Kier molecular flexibility index (Phi) is 5.90. The van der Waals surface area contributed by atoms with Crippen LogP contribution in [0.2, 0.25) is 0 Å². The van der Waals surface area contributed by atoms with Crippen molar-refractivity contribution in [3.63, 3.8) is 0 Å². The highest BCUT2D eigenvalue weighted by Gasteiger charge is 2.25.